The van der Waals surface area contributed by atoms with Gasteiger partial charge in [-0.1, -0.05) is 32.0 Å². The van der Waals surface area contributed by atoms with Crippen molar-refractivity contribution in [3.63, 3.8) is 0 Å². The van der Waals surface area contributed by atoms with Crippen molar-refractivity contribution in [2.45, 2.75) is 33.2 Å². The molecule has 0 saturated carbocycles. The maximum atomic E-state index is 13.9. The fraction of sp³-hybridized carbons (Fsp3) is 0.647. The average Bonchev–Trinajstić information content (AvgIpc) is 2.88. The molecule has 1 heterocycles. The van der Waals surface area contributed by atoms with Crippen LogP contribution in [0.2, 0.25) is 0 Å². The van der Waals surface area contributed by atoms with Gasteiger partial charge in [-0.25, -0.2) is 4.39 Å². The van der Waals surface area contributed by atoms with Crippen molar-refractivity contribution in [1.82, 2.24) is 10.2 Å². The zero-order valence-electron chi connectivity index (χ0n) is 13.1. The normalized spacial score (nSPS) is 24.6. The number of hydrogen-bond acceptors (Lipinski definition) is 2. The topological polar surface area (TPSA) is 15.3 Å². The van der Waals surface area contributed by atoms with Crippen LogP contribution in [0.1, 0.15) is 38.8 Å². The molecule has 1 aliphatic rings. The van der Waals surface area contributed by atoms with E-state index in [0.717, 1.165) is 25.2 Å². The lowest BCUT2D eigenvalue weighted by molar-refractivity contribution is 0.110. The largest absolute Gasteiger partial charge is 0.316 e. The summed E-state index contributed by atoms with van der Waals surface area (Å²) in [7, 11) is 2.11. The van der Waals surface area contributed by atoms with Crippen LogP contribution in [0.3, 0.4) is 0 Å². The smallest absolute Gasteiger partial charge is 0.127 e. The van der Waals surface area contributed by atoms with Crippen molar-refractivity contribution in [1.29, 1.82) is 0 Å². The van der Waals surface area contributed by atoms with Gasteiger partial charge in [0.25, 0.3) is 0 Å². The molecule has 1 aliphatic heterocycles. The zero-order chi connectivity index (χ0) is 14.8. The highest BCUT2D eigenvalue weighted by Crippen LogP contribution is 2.36. The number of halogens is 1. The van der Waals surface area contributed by atoms with E-state index in [-0.39, 0.29) is 11.9 Å². The average molecular weight is 278 g/mol. The van der Waals surface area contributed by atoms with E-state index in [0.29, 0.717) is 11.3 Å². The molecule has 2 unspecified atom stereocenters. The highest BCUT2D eigenvalue weighted by Gasteiger charge is 2.38. The van der Waals surface area contributed by atoms with E-state index < -0.39 is 0 Å². The third-order valence-electron chi connectivity index (χ3n) is 5.08. The standard InChI is InChI=1S/C17H27FN2/c1-13(2)17(9-10-19-11-17)12-20(4)14(3)15-7-5-6-8-16(15)18/h5-8,13-14,19H,9-12H2,1-4H3. The van der Waals surface area contributed by atoms with Crippen LogP contribution in [-0.4, -0.2) is 31.6 Å². The molecule has 1 aromatic carbocycles. The van der Waals surface area contributed by atoms with E-state index in [1.54, 1.807) is 12.1 Å². The van der Waals surface area contributed by atoms with Crippen LogP contribution in [0.25, 0.3) is 0 Å². The van der Waals surface area contributed by atoms with Crippen molar-refractivity contribution in [2.75, 3.05) is 26.7 Å². The molecule has 20 heavy (non-hydrogen) atoms. The van der Waals surface area contributed by atoms with Gasteiger partial charge in [0.15, 0.2) is 0 Å². The van der Waals surface area contributed by atoms with Crippen molar-refractivity contribution in [3.8, 4) is 0 Å². The summed E-state index contributed by atoms with van der Waals surface area (Å²) in [6, 6.07) is 7.22. The summed E-state index contributed by atoms with van der Waals surface area (Å²) in [6.07, 6.45) is 1.21. The zero-order valence-corrected chi connectivity index (χ0v) is 13.1. The van der Waals surface area contributed by atoms with E-state index in [1.165, 1.54) is 6.42 Å². The highest BCUT2D eigenvalue weighted by molar-refractivity contribution is 5.20. The molecule has 0 spiro atoms. The molecule has 0 amide bonds. The predicted molar refractivity (Wildman–Crippen MR) is 82.2 cm³/mol. The van der Waals surface area contributed by atoms with Crippen molar-refractivity contribution in [2.24, 2.45) is 11.3 Å². The Labute approximate surface area is 122 Å². The third kappa shape index (κ3) is 3.04. The van der Waals surface area contributed by atoms with Gasteiger partial charge in [-0.15, -0.1) is 0 Å². The van der Waals surface area contributed by atoms with Crippen molar-refractivity contribution >= 4 is 0 Å². The quantitative estimate of drug-likeness (QED) is 0.887. The molecule has 0 aliphatic carbocycles. The first-order chi connectivity index (χ1) is 9.46. The molecule has 0 aromatic heterocycles. The van der Waals surface area contributed by atoms with Crippen LogP contribution in [0.15, 0.2) is 24.3 Å². The van der Waals surface area contributed by atoms with Crippen LogP contribution in [0.4, 0.5) is 4.39 Å². The molecule has 1 N–H and O–H groups in total. The van der Waals surface area contributed by atoms with Crippen LogP contribution in [0, 0.1) is 17.2 Å². The van der Waals surface area contributed by atoms with Gasteiger partial charge in [0, 0.05) is 24.7 Å². The molecule has 0 radical (unpaired) electrons. The van der Waals surface area contributed by atoms with Gasteiger partial charge >= 0.3 is 0 Å². The Morgan fingerprint density at radius 3 is 2.55 bits per heavy atom. The molecule has 2 nitrogen and oxygen atoms in total. The second-order valence-corrected chi connectivity index (χ2v) is 6.56. The SMILES string of the molecule is CC(c1ccccc1F)N(C)CC1(C(C)C)CCNC1. The summed E-state index contributed by atoms with van der Waals surface area (Å²) in [6.45, 7) is 9.87. The van der Waals surface area contributed by atoms with Crippen LogP contribution < -0.4 is 5.32 Å². The first-order valence-electron chi connectivity index (χ1n) is 7.62. The Hall–Kier alpha value is -0.930. The van der Waals surface area contributed by atoms with E-state index >= 15 is 0 Å². The van der Waals surface area contributed by atoms with Gasteiger partial charge in [0.05, 0.1) is 0 Å². The Morgan fingerprint density at radius 1 is 1.30 bits per heavy atom. The maximum absolute atomic E-state index is 13.9. The molecule has 0 bridgehead atoms. The van der Waals surface area contributed by atoms with E-state index in [4.69, 9.17) is 0 Å². The number of benzene rings is 1. The van der Waals surface area contributed by atoms with Gasteiger partial charge in [-0.2, -0.15) is 0 Å². The first kappa shape index (κ1) is 15.5. The predicted octanol–water partition coefficient (Wildman–Crippen LogP) is 3.45. The Balaban J connectivity index is 2.11. The van der Waals surface area contributed by atoms with Gasteiger partial charge < -0.3 is 5.32 Å². The molecule has 2 rings (SSSR count). The molecule has 112 valence electrons. The number of nitrogens with one attached hydrogen (secondary N) is 1. The van der Waals surface area contributed by atoms with Crippen LogP contribution >= 0.6 is 0 Å². The molecule has 2 atom stereocenters. The molecular weight excluding hydrogens is 251 g/mol. The van der Waals surface area contributed by atoms with Gasteiger partial charge in [0.1, 0.15) is 5.82 Å². The first-order valence-corrected chi connectivity index (χ1v) is 7.62. The minimum atomic E-state index is -0.102. The van der Waals surface area contributed by atoms with E-state index in [2.05, 4.69) is 38.0 Å². The number of hydrogen-bond donors (Lipinski definition) is 1. The maximum Gasteiger partial charge on any atom is 0.127 e. The second-order valence-electron chi connectivity index (χ2n) is 6.56. The Bertz CT molecular complexity index is 438. The number of nitrogens with zero attached hydrogens (tertiary/aromatic N) is 1. The fourth-order valence-electron chi connectivity index (χ4n) is 3.26. The Kier molecular flexibility index (Phi) is 4.82. The molecule has 1 fully saturated rings. The van der Waals surface area contributed by atoms with Gasteiger partial charge in [0.2, 0.25) is 0 Å². The number of rotatable bonds is 5. The fourth-order valence-corrected chi connectivity index (χ4v) is 3.26. The lowest BCUT2D eigenvalue weighted by atomic mass is 9.76. The summed E-state index contributed by atoms with van der Waals surface area (Å²) in [5, 5.41) is 3.49. The summed E-state index contributed by atoms with van der Waals surface area (Å²) in [4.78, 5) is 2.30. The summed E-state index contributed by atoms with van der Waals surface area (Å²) in [5.74, 6) is 0.530. The molecule has 3 heteroatoms. The van der Waals surface area contributed by atoms with E-state index in [9.17, 15) is 4.39 Å². The third-order valence-corrected chi connectivity index (χ3v) is 5.08. The minimum absolute atomic E-state index is 0.102. The summed E-state index contributed by atoms with van der Waals surface area (Å²) >= 11 is 0. The minimum Gasteiger partial charge on any atom is -0.316 e. The molecule has 1 aromatic rings. The van der Waals surface area contributed by atoms with Crippen molar-refractivity contribution < 1.29 is 4.39 Å². The van der Waals surface area contributed by atoms with Gasteiger partial charge in [-0.3, -0.25) is 4.90 Å². The molecule has 1 saturated heterocycles. The highest BCUT2D eigenvalue weighted by atomic mass is 19.1. The Morgan fingerprint density at radius 2 is 2.00 bits per heavy atom. The van der Waals surface area contributed by atoms with Crippen LogP contribution in [-0.2, 0) is 0 Å². The summed E-state index contributed by atoms with van der Waals surface area (Å²) in [5.41, 5.74) is 1.11. The lowest BCUT2D eigenvalue weighted by Crippen LogP contribution is -2.42. The van der Waals surface area contributed by atoms with Crippen LogP contribution in [0.5, 0.6) is 0 Å². The van der Waals surface area contributed by atoms with E-state index in [1.807, 2.05) is 12.1 Å². The van der Waals surface area contributed by atoms with Gasteiger partial charge in [-0.05, 0) is 44.3 Å². The monoisotopic (exact) mass is 278 g/mol. The lowest BCUT2D eigenvalue weighted by Gasteiger charge is -2.39. The second kappa shape index (κ2) is 6.23. The van der Waals surface area contributed by atoms with Crippen molar-refractivity contribution in [3.05, 3.63) is 35.6 Å². The summed E-state index contributed by atoms with van der Waals surface area (Å²) < 4.78 is 13.9. The molecular formula is C17H27FN2.